The summed E-state index contributed by atoms with van der Waals surface area (Å²) in [5.41, 5.74) is 4.35. The molecule has 1 amide bonds. The fourth-order valence-corrected chi connectivity index (χ4v) is 3.07. The number of amides is 1. The van der Waals surface area contributed by atoms with Crippen molar-refractivity contribution in [3.8, 4) is 29.1 Å². The second-order valence-corrected chi connectivity index (χ2v) is 13.0. The molecule has 0 aliphatic rings. The van der Waals surface area contributed by atoms with Crippen LogP contribution >= 0.6 is 0 Å². The first kappa shape index (κ1) is 22.5. The van der Waals surface area contributed by atoms with Crippen molar-refractivity contribution in [2.24, 2.45) is 0 Å². The Balaban J connectivity index is 2.24. The third-order valence-electron chi connectivity index (χ3n) is 3.78. The van der Waals surface area contributed by atoms with Gasteiger partial charge in [-0.2, -0.15) is 0 Å². The first-order valence-electron chi connectivity index (χ1n) is 9.41. The molecule has 1 atom stereocenters. The lowest BCUT2D eigenvalue weighted by atomic mass is 10.1. The van der Waals surface area contributed by atoms with Crippen LogP contribution in [0.15, 0.2) is 30.5 Å². The first-order valence-corrected chi connectivity index (χ1v) is 12.9. The molecule has 0 spiro atoms. The molecule has 2 aromatic rings. The van der Waals surface area contributed by atoms with Crippen LogP contribution < -0.4 is 10.1 Å². The van der Waals surface area contributed by atoms with Crippen molar-refractivity contribution >= 4 is 24.9 Å². The maximum Gasteiger partial charge on any atom is 0.290 e. The van der Waals surface area contributed by atoms with Crippen LogP contribution in [0.2, 0.25) is 19.6 Å². The Bertz CT molecular complexity index is 1020. The topological polar surface area (TPSA) is 60.5 Å². The molecule has 0 aliphatic heterocycles. The minimum atomic E-state index is -1.47. The minimum Gasteiger partial charge on any atom is -0.455 e. The Kier molecular flexibility index (Phi) is 7.08. The Morgan fingerprint density at radius 3 is 2.59 bits per heavy atom. The summed E-state index contributed by atoms with van der Waals surface area (Å²) in [6.07, 6.45) is 0.686. The number of hydrogen-bond donors (Lipinski definition) is 1. The van der Waals surface area contributed by atoms with E-state index in [-0.39, 0.29) is 0 Å². The number of methoxy groups -OCH3 is 1. The van der Waals surface area contributed by atoms with Crippen molar-refractivity contribution in [1.29, 1.82) is 0 Å². The highest BCUT2D eigenvalue weighted by Gasteiger charge is 2.26. The molecule has 1 unspecified atom stereocenters. The van der Waals surface area contributed by atoms with Crippen LogP contribution in [0.25, 0.3) is 10.9 Å². The number of rotatable bonds is 5. The van der Waals surface area contributed by atoms with Crippen molar-refractivity contribution in [3.05, 3.63) is 36.0 Å². The summed E-state index contributed by atoms with van der Waals surface area (Å²) < 4.78 is 11.0. The molecular formula is C23H28N2O3Si. The Morgan fingerprint density at radius 1 is 1.24 bits per heavy atom. The predicted octanol–water partition coefficient (Wildman–Crippen LogP) is 3.73. The summed E-state index contributed by atoms with van der Waals surface area (Å²) in [6.45, 7) is 12.0. The lowest BCUT2D eigenvalue weighted by Crippen LogP contribution is -2.49. The third-order valence-corrected chi connectivity index (χ3v) is 4.65. The fraction of sp³-hybridized carbons (Fsp3) is 0.391. The van der Waals surface area contributed by atoms with Crippen LogP contribution in [0.4, 0.5) is 0 Å². The standard InChI is InChI=1S/C23H28N2O3Si/c1-8-12-23(2,3)25-21(26)22(27-4)28-19-9-10-20-18(15-19)14-17(16-24-20)11-13-29(5,6)7/h9-10,14-16,22H,1-7H3,(H,25,26). The first-order chi connectivity index (χ1) is 13.5. The monoisotopic (exact) mass is 408 g/mol. The molecule has 1 aromatic carbocycles. The second kappa shape index (κ2) is 9.13. The van der Waals surface area contributed by atoms with Gasteiger partial charge in [-0.3, -0.25) is 9.78 Å². The highest BCUT2D eigenvalue weighted by Crippen LogP contribution is 2.21. The Hall–Kier alpha value is -2.80. The van der Waals surface area contributed by atoms with E-state index in [9.17, 15) is 4.79 Å². The molecular weight excluding hydrogens is 380 g/mol. The molecule has 0 fully saturated rings. The molecule has 1 heterocycles. The maximum atomic E-state index is 12.5. The Morgan fingerprint density at radius 2 is 1.97 bits per heavy atom. The highest BCUT2D eigenvalue weighted by molar-refractivity contribution is 6.83. The number of pyridine rings is 1. The van der Waals surface area contributed by atoms with Crippen LogP contribution in [-0.4, -0.2) is 37.9 Å². The largest absolute Gasteiger partial charge is 0.455 e. The van der Waals surface area contributed by atoms with Crippen molar-refractivity contribution < 1.29 is 14.3 Å². The van der Waals surface area contributed by atoms with E-state index in [1.807, 2.05) is 32.0 Å². The van der Waals surface area contributed by atoms with Gasteiger partial charge in [-0.05, 0) is 45.0 Å². The van der Waals surface area contributed by atoms with Gasteiger partial charge in [-0.15, -0.1) is 11.5 Å². The van der Waals surface area contributed by atoms with E-state index in [1.54, 1.807) is 19.2 Å². The van der Waals surface area contributed by atoms with Crippen LogP contribution in [-0.2, 0) is 9.53 Å². The molecule has 0 saturated heterocycles. The predicted molar refractivity (Wildman–Crippen MR) is 119 cm³/mol. The van der Waals surface area contributed by atoms with Crippen LogP contribution in [0.3, 0.4) is 0 Å². The van der Waals surface area contributed by atoms with Gasteiger partial charge >= 0.3 is 0 Å². The molecule has 152 valence electrons. The summed E-state index contributed by atoms with van der Waals surface area (Å²) in [6, 6.07) is 7.42. The zero-order chi connectivity index (χ0) is 21.7. The number of ether oxygens (including phenoxy) is 2. The summed E-state index contributed by atoms with van der Waals surface area (Å²) in [7, 11) is -0.0417. The lowest BCUT2D eigenvalue weighted by molar-refractivity contribution is -0.149. The SMILES string of the molecule is CC#CC(C)(C)NC(=O)C(OC)Oc1ccc2ncc(C#C[Si](C)(C)C)cc2c1. The fourth-order valence-electron chi connectivity index (χ4n) is 2.55. The number of benzene rings is 1. The quantitative estimate of drug-likeness (QED) is 0.465. The molecule has 0 aliphatic carbocycles. The average Bonchev–Trinajstić information content (AvgIpc) is 2.62. The van der Waals surface area contributed by atoms with Crippen molar-refractivity contribution in [3.63, 3.8) is 0 Å². The molecule has 1 aromatic heterocycles. The molecule has 0 radical (unpaired) electrons. The maximum absolute atomic E-state index is 12.5. The molecule has 0 bridgehead atoms. The van der Waals surface area contributed by atoms with E-state index in [1.165, 1.54) is 7.11 Å². The molecule has 2 rings (SSSR count). The zero-order valence-corrected chi connectivity index (χ0v) is 19.1. The van der Waals surface area contributed by atoms with Gasteiger partial charge in [0.1, 0.15) is 13.8 Å². The number of nitrogens with one attached hydrogen (secondary N) is 1. The van der Waals surface area contributed by atoms with Crippen LogP contribution in [0.1, 0.15) is 26.3 Å². The summed E-state index contributed by atoms with van der Waals surface area (Å²) >= 11 is 0. The van der Waals surface area contributed by atoms with E-state index in [2.05, 4.69) is 53.2 Å². The van der Waals surface area contributed by atoms with Gasteiger partial charge in [0.05, 0.1) is 11.1 Å². The van der Waals surface area contributed by atoms with Gasteiger partial charge in [0.15, 0.2) is 0 Å². The van der Waals surface area contributed by atoms with Gasteiger partial charge in [0, 0.05) is 24.3 Å². The average molecular weight is 409 g/mol. The van der Waals surface area contributed by atoms with Gasteiger partial charge in [-0.25, -0.2) is 0 Å². The number of aromatic nitrogens is 1. The number of carbonyl (C=O) groups excluding carboxylic acids is 1. The Labute approximate surface area is 174 Å². The summed E-state index contributed by atoms with van der Waals surface area (Å²) in [5, 5.41) is 3.70. The van der Waals surface area contributed by atoms with E-state index in [4.69, 9.17) is 9.47 Å². The smallest absolute Gasteiger partial charge is 0.290 e. The third kappa shape index (κ3) is 6.94. The van der Waals surface area contributed by atoms with Crippen molar-refractivity contribution in [2.75, 3.05) is 7.11 Å². The van der Waals surface area contributed by atoms with Gasteiger partial charge in [-0.1, -0.05) is 31.5 Å². The van der Waals surface area contributed by atoms with Crippen molar-refractivity contribution in [1.82, 2.24) is 10.3 Å². The molecule has 0 saturated carbocycles. The molecule has 6 heteroatoms. The zero-order valence-electron chi connectivity index (χ0n) is 18.1. The van der Waals surface area contributed by atoms with E-state index < -0.39 is 25.8 Å². The molecule has 1 N–H and O–H groups in total. The van der Waals surface area contributed by atoms with Gasteiger partial charge < -0.3 is 14.8 Å². The second-order valence-electron chi connectivity index (χ2n) is 8.25. The van der Waals surface area contributed by atoms with E-state index in [0.29, 0.717) is 5.75 Å². The highest BCUT2D eigenvalue weighted by atomic mass is 28.3. The number of hydrogen-bond acceptors (Lipinski definition) is 4. The van der Waals surface area contributed by atoms with Crippen LogP contribution in [0, 0.1) is 23.3 Å². The van der Waals surface area contributed by atoms with Gasteiger partial charge in [0.2, 0.25) is 0 Å². The normalized spacial score (nSPS) is 12.2. The number of fused-ring (bicyclic) bond motifs is 1. The minimum absolute atomic E-state index is 0.395. The number of carbonyl (C=O) groups is 1. The van der Waals surface area contributed by atoms with Crippen molar-refractivity contribution in [2.45, 2.75) is 52.2 Å². The lowest BCUT2D eigenvalue weighted by Gasteiger charge is -2.24. The van der Waals surface area contributed by atoms with E-state index in [0.717, 1.165) is 16.5 Å². The molecule has 5 nitrogen and oxygen atoms in total. The number of nitrogens with zero attached hydrogens (tertiary/aromatic N) is 1. The van der Waals surface area contributed by atoms with Gasteiger partial charge in [0.25, 0.3) is 12.2 Å². The summed E-state index contributed by atoms with van der Waals surface area (Å²) in [5.74, 6) is 9.07. The molecule has 29 heavy (non-hydrogen) atoms. The summed E-state index contributed by atoms with van der Waals surface area (Å²) in [4.78, 5) is 17.0. The van der Waals surface area contributed by atoms with E-state index >= 15 is 0 Å². The van der Waals surface area contributed by atoms with Crippen LogP contribution in [0.5, 0.6) is 5.75 Å².